The molecule has 1 aromatic carbocycles. The molecule has 0 aliphatic carbocycles. The first-order valence-corrected chi connectivity index (χ1v) is 5.69. The fourth-order valence-electron chi connectivity index (χ4n) is 1.19. The zero-order chi connectivity index (χ0) is 11.8. The smallest absolute Gasteiger partial charge is 0.237 e. The maximum absolute atomic E-state index is 11.1. The Hall–Kier alpha value is -1.06. The molecule has 0 saturated heterocycles. The molecule has 1 rings (SSSR count). The van der Waals surface area contributed by atoms with Gasteiger partial charge >= 0.3 is 0 Å². The van der Waals surface area contributed by atoms with Gasteiger partial charge in [0, 0.05) is 13.6 Å². The van der Waals surface area contributed by atoms with E-state index >= 15 is 0 Å². The molecule has 3 nitrogen and oxygen atoms in total. The van der Waals surface area contributed by atoms with E-state index in [1.807, 2.05) is 30.3 Å². The molecule has 0 unspecified atom stereocenters. The van der Waals surface area contributed by atoms with Crippen molar-refractivity contribution in [1.82, 2.24) is 4.90 Å². The first-order valence-electron chi connectivity index (χ1n) is 5.15. The minimum Gasteiger partial charge on any atom is -0.375 e. The number of ether oxygens (including phenoxy) is 1. The summed E-state index contributed by atoms with van der Waals surface area (Å²) in [7, 11) is 1.72. The van der Waals surface area contributed by atoms with Crippen LogP contribution in [0.4, 0.5) is 0 Å². The van der Waals surface area contributed by atoms with Crippen molar-refractivity contribution in [2.45, 2.75) is 6.61 Å². The van der Waals surface area contributed by atoms with Gasteiger partial charge < -0.3 is 9.64 Å². The number of amides is 1. The summed E-state index contributed by atoms with van der Waals surface area (Å²) in [5.74, 6) is -0.0557. The van der Waals surface area contributed by atoms with E-state index in [9.17, 15) is 4.79 Å². The Bertz CT molecular complexity index is 316. The van der Waals surface area contributed by atoms with E-state index < -0.39 is 0 Å². The second-order valence-electron chi connectivity index (χ2n) is 3.49. The van der Waals surface area contributed by atoms with Crippen LogP contribution >= 0.6 is 11.6 Å². The van der Waals surface area contributed by atoms with Gasteiger partial charge in [0.05, 0.1) is 13.2 Å². The van der Waals surface area contributed by atoms with Gasteiger partial charge in [-0.05, 0) is 5.56 Å². The summed E-state index contributed by atoms with van der Waals surface area (Å²) in [5, 5.41) is 0. The Morgan fingerprint density at radius 2 is 2.06 bits per heavy atom. The summed E-state index contributed by atoms with van der Waals surface area (Å²) >= 11 is 5.42. The maximum atomic E-state index is 11.1. The van der Waals surface area contributed by atoms with Crippen molar-refractivity contribution >= 4 is 17.5 Å². The highest BCUT2D eigenvalue weighted by Crippen LogP contribution is 2.00. The molecule has 0 bridgehead atoms. The molecule has 0 fully saturated rings. The number of alkyl halides is 1. The van der Waals surface area contributed by atoms with Crippen LogP contribution in [0.3, 0.4) is 0 Å². The molecule has 0 saturated carbocycles. The second kappa shape index (κ2) is 7.25. The Morgan fingerprint density at radius 3 is 2.69 bits per heavy atom. The molecule has 0 heterocycles. The molecule has 16 heavy (non-hydrogen) atoms. The van der Waals surface area contributed by atoms with Gasteiger partial charge in [0.15, 0.2) is 0 Å². The lowest BCUT2D eigenvalue weighted by molar-refractivity contribution is -0.127. The molecule has 4 heteroatoms. The standard InChI is InChI=1S/C12H16ClNO2/c1-14(12(15)9-13)7-8-16-10-11-5-3-2-4-6-11/h2-6H,7-10H2,1H3. The molecule has 0 aromatic heterocycles. The number of hydrogen-bond donors (Lipinski definition) is 0. The van der Waals surface area contributed by atoms with Crippen LogP contribution in [0.2, 0.25) is 0 Å². The van der Waals surface area contributed by atoms with Crippen LogP contribution in [0.1, 0.15) is 5.56 Å². The summed E-state index contributed by atoms with van der Waals surface area (Å²) in [5.41, 5.74) is 1.13. The number of likely N-dealkylation sites (N-methyl/N-ethyl adjacent to an activating group) is 1. The third kappa shape index (κ3) is 4.64. The summed E-state index contributed by atoms with van der Waals surface area (Å²) in [6.07, 6.45) is 0. The normalized spacial score (nSPS) is 10.1. The Labute approximate surface area is 101 Å². The minimum atomic E-state index is -0.0787. The minimum absolute atomic E-state index is 0.0230. The number of rotatable bonds is 6. The lowest BCUT2D eigenvalue weighted by Gasteiger charge is -2.15. The summed E-state index contributed by atoms with van der Waals surface area (Å²) in [4.78, 5) is 12.7. The van der Waals surface area contributed by atoms with Crippen molar-refractivity contribution in [2.24, 2.45) is 0 Å². The quantitative estimate of drug-likeness (QED) is 0.562. The number of carbonyl (C=O) groups is 1. The van der Waals surface area contributed by atoms with Gasteiger partial charge in [0.1, 0.15) is 5.88 Å². The fourth-order valence-corrected chi connectivity index (χ4v) is 1.40. The van der Waals surface area contributed by atoms with E-state index in [0.717, 1.165) is 5.56 Å². The van der Waals surface area contributed by atoms with Gasteiger partial charge in [0.25, 0.3) is 0 Å². The van der Waals surface area contributed by atoms with Gasteiger partial charge in [0.2, 0.25) is 5.91 Å². The van der Waals surface area contributed by atoms with Gasteiger partial charge in [-0.2, -0.15) is 0 Å². The molecule has 0 aliphatic rings. The second-order valence-corrected chi connectivity index (χ2v) is 3.75. The summed E-state index contributed by atoms with van der Waals surface area (Å²) in [6, 6.07) is 9.93. The first-order chi connectivity index (χ1) is 7.74. The van der Waals surface area contributed by atoms with Crippen LogP contribution < -0.4 is 0 Å². The average Bonchev–Trinajstić information content (AvgIpc) is 2.34. The molecule has 0 aliphatic heterocycles. The number of carbonyl (C=O) groups excluding carboxylic acids is 1. The average molecular weight is 242 g/mol. The topological polar surface area (TPSA) is 29.5 Å². The van der Waals surface area contributed by atoms with Crippen molar-refractivity contribution in [2.75, 3.05) is 26.1 Å². The molecular weight excluding hydrogens is 226 g/mol. The zero-order valence-corrected chi connectivity index (χ0v) is 10.1. The zero-order valence-electron chi connectivity index (χ0n) is 9.36. The number of nitrogens with zero attached hydrogens (tertiary/aromatic N) is 1. The molecule has 0 N–H and O–H groups in total. The van der Waals surface area contributed by atoms with Crippen LogP contribution in [0.5, 0.6) is 0 Å². The fraction of sp³-hybridized carbons (Fsp3) is 0.417. The Morgan fingerprint density at radius 1 is 1.38 bits per heavy atom. The molecule has 88 valence electrons. The molecular formula is C12H16ClNO2. The van der Waals surface area contributed by atoms with Crippen molar-refractivity contribution < 1.29 is 9.53 Å². The largest absolute Gasteiger partial charge is 0.375 e. The first kappa shape index (κ1) is 13.0. The van der Waals surface area contributed by atoms with Crippen LogP contribution in [0.15, 0.2) is 30.3 Å². The van der Waals surface area contributed by atoms with Gasteiger partial charge in [-0.15, -0.1) is 11.6 Å². The molecule has 0 spiro atoms. The molecule has 0 radical (unpaired) electrons. The van der Waals surface area contributed by atoms with Crippen molar-refractivity contribution in [3.8, 4) is 0 Å². The van der Waals surface area contributed by atoms with Gasteiger partial charge in [-0.3, -0.25) is 4.79 Å². The predicted molar refractivity (Wildman–Crippen MR) is 64.5 cm³/mol. The maximum Gasteiger partial charge on any atom is 0.237 e. The summed E-state index contributed by atoms with van der Waals surface area (Å²) < 4.78 is 5.45. The lowest BCUT2D eigenvalue weighted by atomic mass is 10.2. The number of benzene rings is 1. The van der Waals surface area contributed by atoms with Gasteiger partial charge in [-0.1, -0.05) is 30.3 Å². The third-order valence-corrected chi connectivity index (χ3v) is 2.45. The van der Waals surface area contributed by atoms with E-state index in [0.29, 0.717) is 19.8 Å². The SMILES string of the molecule is CN(CCOCc1ccccc1)C(=O)CCl. The molecule has 1 aromatic rings. The van der Waals surface area contributed by atoms with Gasteiger partial charge in [-0.25, -0.2) is 0 Å². The number of halogens is 1. The van der Waals surface area contributed by atoms with E-state index in [2.05, 4.69) is 0 Å². The van der Waals surface area contributed by atoms with Crippen molar-refractivity contribution in [3.05, 3.63) is 35.9 Å². The molecule has 0 atom stereocenters. The Kier molecular flexibility index (Phi) is 5.90. The van der Waals surface area contributed by atoms with E-state index in [1.54, 1.807) is 11.9 Å². The highest BCUT2D eigenvalue weighted by Gasteiger charge is 2.05. The highest BCUT2D eigenvalue weighted by molar-refractivity contribution is 6.27. The van der Waals surface area contributed by atoms with Crippen LogP contribution in [-0.4, -0.2) is 36.9 Å². The van der Waals surface area contributed by atoms with E-state index in [4.69, 9.17) is 16.3 Å². The van der Waals surface area contributed by atoms with E-state index in [-0.39, 0.29) is 11.8 Å². The van der Waals surface area contributed by atoms with Crippen LogP contribution in [-0.2, 0) is 16.1 Å². The highest BCUT2D eigenvalue weighted by atomic mass is 35.5. The number of hydrogen-bond acceptors (Lipinski definition) is 2. The van der Waals surface area contributed by atoms with Crippen LogP contribution in [0, 0.1) is 0 Å². The monoisotopic (exact) mass is 241 g/mol. The lowest BCUT2D eigenvalue weighted by Crippen LogP contribution is -2.30. The summed E-state index contributed by atoms with van der Waals surface area (Å²) in [6.45, 7) is 1.66. The molecule has 1 amide bonds. The predicted octanol–water partition coefficient (Wildman–Crippen LogP) is 1.90. The Balaban J connectivity index is 2.15. The van der Waals surface area contributed by atoms with Crippen molar-refractivity contribution in [1.29, 1.82) is 0 Å². The third-order valence-electron chi connectivity index (χ3n) is 2.22. The van der Waals surface area contributed by atoms with Crippen LogP contribution in [0.25, 0.3) is 0 Å². The van der Waals surface area contributed by atoms with Crippen molar-refractivity contribution in [3.63, 3.8) is 0 Å². The van der Waals surface area contributed by atoms with E-state index in [1.165, 1.54) is 0 Å².